The Morgan fingerprint density at radius 1 is 1.14 bits per heavy atom. The van der Waals surface area contributed by atoms with Crippen LogP contribution in [0.3, 0.4) is 0 Å². The van der Waals surface area contributed by atoms with Gasteiger partial charge in [0, 0.05) is 12.1 Å². The van der Waals surface area contributed by atoms with Gasteiger partial charge in [0.25, 0.3) is 0 Å². The molecule has 6 heteroatoms. The lowest BCUT2D eigenvalue weighted by Gasteiger charge is -2.24. The summed E-state index contributed by atoms with van der Waals surface area (Å²) < 4.78 is 39.7. The maximum absolute atomic E-state index is 12.5. The van der Waals surface area contributed by atoms with Gasteiger partial charge in [-0.2, -0.15) is 13.2 Å². The molecule has 1 saturated heterocycles. The minimum absolute atomic E-state index is 0. The van der Waals surface area contributed by atoms with E-state index in [2.05, 4.69) is 15.7 Å². The predicted octanol–water partition coefficient (Wildman–Crippen LogP) is 0.118. The van der Waals surface area contributed by atoms with Crippen LogP contribution in [0.15, 0.2) is 24.3 Å². The standard InChI is InChI=1S/C15H18F3N2.BrH/c16-15(17,18)13-6-4-12(5-7-13)9-19-10-14-3-1-2-8-20(14)11-19;/h4-7,10,14H,1-3,8-9,11H2;1H/q+1;/p-1. The lowest BCUT2D eigenvalue weighted by atomic mass is 10.1. The molecule has 116 valence electrons. The molecule has 1 fully saturated rings. The topological polar surface area (TPSA) is 6.25 Å². The monoisotopic (exact) mass is 362 g/mol. The summed E-state index contributed by atoms with van der Waals surface area (Å²) in [6.07, 6.45) is 1.70. The second-order valence-corrected chi connectivity index (χ2v) is 5.61. The van der Waals surface area contributed by atoms with Crippen LogP contribution in [0.4, 0.5) is 13.2 Å². The average Bonchev–Trinajstić information content (AvgIpc) is 2.80. The Hall–Kier alpha value is -0.880. The number of hydrogen-bond donors (Lipinski definition) is 0. The third-order valence-corrected chi connectivity index (χ3v) is 4.08. The maximum Gasteiger partial charge on any atom is 0.416 e. The second kappa shape index (κ2) is 6.48. The molecule has 0 N–H and O–H groups in total. The second-order valence-electron chi connectivity index (χ2n) is 5.61. The molecular formula is C15H18BrF3N2. The van der Waals surface area contributed by atoms with E-state index >= 15 is 0 Å². The molecule has 0 amide bonds. The van der Waals surface area contributed by atoms with Crippen LogP contribution in [-0.4, -0.2) is 34.9 Å². The molecule has 0 aliphatic carbocycles. The fraction of sp³-hybridized carbons (Fsp3) is 0.533. The highest BCUT2D eigenvalue weighted by Gasteiger charge is 2.33. The van der Waals surface area contributed by atoms with Crippen molar-refractivity contribution in [2.45, 2.75) is 38.0 Å². The highest BCUT2D eigenvalue weighted by Crippen LogP contribution is 2.29. The summed E-state index contributed by atoms with van der Waals surface area (Å²) in [5.74, 6) is 0. The fourth-order valence-electron chi connectivity index (χ4n) is 3.02. The fourth-order valence-corrected chi connectivity index (χ4v) is 3.02. The van der Waals surface area contributed by atoms with Gasteiger partial charge >= 0.3 is 6.18 Å². The van der Waals surface area contributed by atoms with E-state index in [9.17, 15) is 13.2 Å². The largest absolute Gasteiger partial charge is 1.00 e. The van der Waals surface area contributed by atoms with Gasteiger partial charge in [0.05, 0.1) is 11.6 Å². The molecule has 3 rings (SSSR count). The van der Waals surface area contributed by atoms with Gasteiger partial charge in [0.15, 0.2) is 19.4 Å². The molecule has 2 heterocycles. The predicted molar refractivity (Wildman–Crippen MR) is 70.7 cm³/mol. The Balaban J connectivity index is 0.00000161. The summed E-state index contributed by atoms with van der Waals surface area (Å²) in [6, 6.07) is 6.01. The molecule has 1 aromatic carbocycles. The Kier molecular flexibility index (Phi) is 5.09. The summed E-state index contributed by atoms with van der Waals surface area (Å²) in [4.78, 5) is 2.44. The van der Waals surface area contributed by atoms with Gasteiger partial charge in [-0.1, -0.05) is 18.6 Å². The molecule has 21 heavy (non-hydrogen) atoms. The van der Waals surface area contributed by atoms with E-state index in [1.807, 2.05) is 0 Å². The number of alkyl halides is 3. The lowest BCUT2D eigenvalue weighted by molar-refractivity contribution is -0.547. The van der Waals surface area contributed by atoms with Crippen molar-refractivity contribution in [3.8, 4) is 0 Å². The molecule has 2 nitrogen and oxygen atoms in total. The molecule has 1 atom stereocenters. The van der Waals surface area contributed by atoms with Gasteiger partial charge in [-0.05, 0) is 25.0 Å². The zero-order chi connectivity index (χ0) is 14.2. The molecule has 0 bridgehead atoms. The van der Waals surface area contributed by atoms with Gasteiger partial charge < -0.3 is 17.0 Å². The number of halogens is 4. The first-order chi connectivity index (χ1) is 9.52. The zero-order valence-electron chi connectivity index (χ0n) is 11.6. The van der Waals surface area contributed by atoms with Crippen LogP contribution in [0.1, 0.15) is 30.4 Å². The number of benzene rings is 1. The third-order valence-electron chi connectivity index (χ3n) is 4.08. The van der Waals surface area contributed by atoms with Crippen LogP contribution in [0.25, 0.3) is 0 Å². The molecular weight excluding hydrogens is 345 g/mol. The summed E-state index contributed by atoms with van der Waals surface area (Å²) in [7, 11) is 0. The van der Waals surface area contributed by atoms with Crippen molar-refractivity contribution >= 4 is 6.21 Å². The van der Waals surface area contributed by atoms with E-state index in [0.29, 0.717) is 12.6 Å². The van der Waals surface area contributed by atoms with Gasteiger partial charge in [-0.3, -0.25) is 0 Å². The van der Waals surface area contributed by atoms with Crippen molar-refractivity contribution in [3.63, 3.8) is 0 Å². The maximum atomic E-state index is 12.5. The van der Waals surface area contributed by atoms with Gasteiger partial charge in [-0.25, -0.2) is 9.48 Å². The quantitative estimate of drug-likeness (QED) is 0.677. The molecule has 0 radical (unpaired) electrons. The first-order valence-electron chi connectivity index (χ1n) is 7.01. The number of hydrogen-bond acceptors (Lipinski definition) is 1. The van der Waals surface area contributed by atoms with Crippen molar-refractivity contribution in [2.24, 2.45) is 0 Å². The Morgan fingerprint density at radius 2 is 1.86 bits per heavy atom. The van der Waals surface area contributed by atoms with Gasteiger partial charge in [0.2, 0.25) is 0 Å². The van der Waals surface area contributed by atoms with E-state index in [1.165, 1.54) is 31.4 Å². The van der Waals surface area contributed by atoms with Crippen molar-refractivity contribution in [3.05, 3.63) is 35.4 Å². The van der Waals surface area contributed by atoms with E-state index in [-0.39, 0.29) is 17.0 Å². The average molecular weight is 363 g/mol. The number of fused-ring (bicyclic) bond motifs is 1. The van der Waals surface area contributed by atoms with Crippen LogP contribution in [0, 0.1) is 0 Å². The minimum Gasteiger partial charge on any atom is -1.00 e. The van der Waals surface area contributed by atoms with Crippen LogP contribution >= 0.6 is 0 Å². The summed E-state index contributed by atoms with van der Waals surface area (Å²) in [5, 5.41) is 0. The number of nitrogens with zero attached hydrogens (tertiary/aromatic N) is 2. The first-order valence-corrected chi connectivity index (χ1v) is 7.01. The summed E-state index contributed by atoms with van der Waals surface area (Å²) in [6.45, 7) is 2.71. The SMILES string of the molecule is FC(F)(F)c1ccc(C[N+]2=CC3CCCCN3C2)cc1.[Br-]. The van der Waals surface area contributed by atoms with E-state index in [4.69, 9.17) is 0 Å². The smallest absolute Gasteiger partial charge is 0.416 e. The van der Waals surface area contributed by atoms with Crippen molar-refractivity contribution < 1.29 is 34.7 Å². The number of piperidine rings is 1. The van der Waals surface area contributed by atoms with Crippen LogP contribution in [0.2, 0.25) is 0 Å². The summed E-state index contributed by atoms with van der Waals surface area (Å²) in [5.41, 5.74) is 0.346. The van der Waals surface area contributed by atoms with E-state index in [0.717, 1.165) is 18.8 Å². The van der Waals surface area contributed by atoms with Crippen LogP contribution < -0.4 is 17.0 Å². The highest BCUT2D eigenvalue weighted by atomic mass is 79.9. The molecule has 1 aromatic rings. The van der Waals surface area contributed by atoms with Crippen molar-refractivity contribution in [1.82, 2.24) is 4.90 Å². The Labute approximate surface area is 133 Å². The molecule has 0 spiro atoms. The molecule has 2 aliphatic heterocycles. The summed E-state index contributed by atoms with van der Waals surface area (Å²) >= 11 is 0. The van der Waals surface area contributed by atoms with Gasteiger partial charge in [-0.15, -0.1) is 0 Å². The van der Waals surface area contributed by atoms with Crippen molar-refractivity contribution in [2.75, 3.05) is 13.2 Å². The van der Waals surface area contributed by atoms with E-state index < -0.39 is 11.7 Å². The van der Waals surface area contributed by atoms with Crippen molar-refractivity contribution in [1.29, 1.82) is 0 Å². The third kappa shape index (κ3) is 3.86. The minimum atomic E-state index is -4.25. The molecule has 1 unspecified atom stereocenters. The first kappa shape index (κ1) is 16.5. The normalized spacial score (nSPS) is 22.4. The molecule has 2 aliphatic rings. The van der Waals surface area contributed by atoms with Crippen LogP contribution in [0.5, 0.6) is 0 Å². The zero-order valence-corrected chi connectivity index (χ0v) is 13.2. The molecule has 0 saturated carbocycles. The van der Waals surface area contributed by atoms with Crippen LogP contribution in [-0.2, 0) is 12.7 Å². The number of rotatable bonds is 2. The highest BCUT2D eigenvalue weighted by molar-refractivity contribution is 5.60. The van der Waals surface area contributed by atoms with E-state index in [1.54, 1.807) is 12.1 Å². The molecule has 0 aromatic heterocycles. The lowest BCUT2D eigenvalue weighted by Crippen LogP contribution is -3.00. The van der Waals surface area contributed by atoms with Gasteiger partial charge in [0.1, 0.15) is 0 Å². The Bertz CT molecular complexity index is 511. The Morgan fingerprint density at radius 3 is 2.48 bits per heavy atom.